The third-order valence-corrected chi connectivity index (χ3v) is 3.90. The SMILES string of the molecule is CCCCCCCCCCCCCCOc1cccnc1. The van der Waals surface area contributed by atoms with E-state index in [0.29, 0.717) is 0 Å². The Balaban J connectivity index is 1.75. The van der Waals surface area contributed by atoms with E-state index in [2.05, 4.69) is 11.9 Å². The number of rotatable bonds is 14. The van der Waals surface area contributed by atoms with Crippen LogP contribution in [-0.2, 0) is 0 Å². The summed E-state index contributed by atoms with van der Waals surface area (Å²) in [5.74, 6) is 0.889. The molecule has 0 bridgehead atoms. The van der Waals surface area contributed by atoms with Crippen LogP contribution in [0.25, 0.3) is 0 Å². The summed E-state index contributed by atoms with van der Waals surface area (Å²) in [4.78, 5) is 4.04. The maximum atomic E-state index is 5.64. The van der Waals surface area contributed by atoms with Crippen LogP contribution < -0.4 is 4.74 Å². The van der Waals surface area contributed by atoms with Gasteiger partial charge < -0.3 is 4.74 Å². The highest BCUT2D eigenvalue weighted by Crippen LogP contribution is 2.12. The second-order valence-electron chi connectivity index (χ2n) is 5.93. The molecule has 0 aliphatic carbocycles. The van der Waals surface area contributed by atoms with Gasteiger partial charge >= 0.3 is 0 Å². The Labute approximate surface area is 131 Å². The minimum Gasteiger partial charge on any atom is -0.492 e. The minimum atomic E-state index is 0.823. The second-order valence-corrected chi connectivity index (χ2v) is 5.93. The van der Waals surface area contributed by atoms with Crippen LogP contribution in [0.5, 0.6) is 5.75 Å². The summed E-state index contributed by atoms with van der Waals surface area (Å²) in [5.41, 5.74) is 0. The maximum absolute atomic E-state index is 5.64. The van der Waals surface area contributed by atoms with Crippen molar-refractivity contribution in [1.82, 2.24) is 4.98 Å². The van der Waals surface area contributed by atoms with E-state index >= 15 is 0 Å². The molecule has 0 N–H and O–H groups in total. The molecular weight excluding hydrogens is 258 g/mol. The molecule has 2 nitrogen and oxygen atoms in total. The molecule has 1 aromatic heterocycles. The zero-order valence-corrected chi connectivity index (χ0v) is 13.9. The largest absolute Gasteiger partial charge is 0.492 e. The Hall–Kier alpha value is -1.05. The molecule has 0 saturated heterocycles. The van der Waals surface area contributed by atoms with Gasteiger partial charge in [0.05, 0.1) is 12.8 Å². The van der Waals surface area contributed by atoms with Crippen molar-refractivity contribution in [3.63, 3.8) is 0 Å². The number of hydrogen-bond donors (Lipinski definition) is 0. The van der Waals surface area contributed by atoms with Crippen molar-refractivity contribution in [1.29, 1.82) is 0 Å². The fourth-order valence-corrected chi connectivity index (χ4v) is 2.57. The van der Waals surface area contributed by atoms with E-state index in [4.69, 9.17) is 4.74 Å². The molecule has 0 unspecified atom stereocenters. The molecule has 0 saturated carbocycles. The molecule has 0 fully saturated rings. The lowest BCUT2D eigenvalue weighted by atomic mass is 10.1. The molecule has 120 valence electrons. The molecule has 0 radical (unpaired) electrons. The van der Waals surface area contributed by atoms with Crippen LogP contribution in [0.15, 0.2) is 24.5 Å². The first-order chi connectivity index (χ1) is 10.4. The quantitative estimate of drug-likeness (QED) is 0.383. The summed E-state index contributed by atoms with van der Waals surface area (Å²) in [6, 6.07) is 3.88. The Morgan fingerprint density at radius 1 is 0.810 bits per heavy atom. The van der Waals surface area contributed by atoms with Gasteiger partial charge in [0.2, 0.25) is 0 Å². The molecule has 1 aromatic rings. The van der Waals surface area contributed by atoms with Crippen molar-refractivity contribution in [3.8, 4) is 5.75 Å². The van der Waals surface area contributed by atoms with Crippen molar-refractivity contribution >= 4 is 0 Å². The van der Waals surface area contributed by atoms with Gasteiger partial charge in [-0.25, -0.2) is 0 Å². The van der Waals surface area contributed by atoms with E-state index in [1.807, 2.05) is 12.1 Å². The van der Waals surface area contributed by atoms with Crippen LogP contribution >= 0.6 is 0 Å². The normalized spacial score (nSPS) is 10.7. The fraction of sp³-hybridized carbons (Fsp3) is 0.737. The third kappa shape index (κ3) is 11.3. The molecule has 2 heteroatoms. The van der Waals surface area contributed by atoms with Gasteiger partial charge in [0.25, 0.3) is 0 Å². The Bertz CT molecular complexity index is 313. The molecule has 0 aliphatic rings. The standard InChI is InChI=1S/C19H33NO/c1-2-3-4-5-6-7-8-9-10-11-12-13-17-21-19-15-14-16-20-18-19/h14-16,18H,2-13,17H2,1H3. The molecule has 1 rings (SSSR count). The molecule has 21 heavy (non-hydrogen) atoms. The summed E-state index contributed by atoms with van der Waals surface area (Å²) in [6.45, 7) is 3.10. The summed E-state index contributed by atoms with van der Waals surface area (Å²) in [7, 11) is 0. The van der Waals surface area contributed by atoms with Crippen LogP contribution in [0, 0.1) is 0 Å². The van der Waals surface area contributed by atoms with Gasteiger partial charge in [-0.3, -0.25) is 4.98 Å². The first-order valence-electron chi connectivity index (χ1n) is 8.96. The number of unbranched alkanes of at least 4 members (excludes halogenated alkanes) is 11. The van der Waals surface area contributed by atoms with E-state index in [1.165, 1.54) is 70.6 Å². The third-order valence-electron chi connectivity index (χ3n) is 3.90. The van der Waals surface area contributed by atoms with Gasteiger partial charge in [-0.2, -0.15) is 0 Å². The molecule has 0 aliphatic heterocycles. The Kier molecular flexibility index (Phi) is 11.9. The lowest BCUT2D eigenvalue weighted by molar-refractivity contribution is 0.303. The van der Waals surface area contributed by atoms with Crippen LogP contribution in [0.4, 0.5) is 0 Å². The molecular formula is C19H33NO. The van der Waals surface area contributed by atoms with Crippen LogP contribution in [0.1, 0.15) is 84.0 Å². The number of ether oxygens (including phenoxy) is 1. The van der Waals surface area contributed by atoms with Gasteiger partial charge in [0, 0.05) is 6.20 Å². The van der Waals surface area contributed by atoms with Gasteiger partial charge in [0.15, 0.2) is 0 Å². The first kappa shape index (κ1) is 18.0. The fourth-order valence-electron chi connectivity index (χ4n) is 2.57. The van der Waals surface area contributed by atoms with E-state index in [0.717, 1.165) is 18.8 Å². The number of aromatic nitrogens is 1. The second kappa shape index (κ2) is 13.9. The summed E-state index contributed by atoms with van der Waals surface area (Å²) in [6.07, 6.45) is 20.1. The van der Waals surface area contributed by atoms with E-state index in [1.54, 1.807) is 12.4 Å². The smallest absolute Gasteiger partial charge is 0.137 e. The Morgan fingerprint density at radius 3 is 1.90 bits per heavy atom. The van der Waals surface area contributed by atoms with Crippen LogP contribution in [-0.4, -0.2) is 11.6 Å². The maximum Gasteiger partial charge on any atom is 0.137 e. The zero-order valence-electron chi connectivity index (χ0n) is 13.9. The van der Waals surface area contributed by atoms with Crippen molar-refractivity contribution in [2.24, 2.45) is 0 Å². The highest BCUT2D eigenvalue weighted by Gasteiger charge is 1.95. The Morgan fingerprint density at radius 2 is 1.38 bits per heavy atom. The van der Waals surface area contributed by atoms with E-state index < -0.39 is 0 Å². The molecule has 0 amide bonds. The summed E-state index contributed by atoms with van der Waals surface area (Å²) >= 11 is 0. The van der Waals surface area contributed by atoms with Crippen molar-refractivity contribution in [2.75, 3.05) is 6.61 Å². The van der Waals surface area contributed by atoms with E-state index in [9.17, 15) is 0 Å². The van der Waals surface area contributed by atoms with Crippen LogP contribution in [0.3, 0.4) is 0 Å². The molecule has 0 atom stereocenters. The predicted octanol–water partition coefficient (Wildman–Crippen LogP) is 6.16. The molecule has 1 heterocycles. The lowest BCUT2D eigenvalue weighted by Crippen LogP contribution is -1.97. The lowest BCUT2D eigenvalue weighted by Gasteiger charge is -2.05. The number of hydrogen-bond acceptors (Lipinski definition) is 2. The molecule has 0 spiro atoms. The topological polar surface area (TPSA) is 22.1 Å². The minimum absolute atomic E-state index is 0.823. The predicted molar refractivity (Wildman–Crippen MR) is 90.8 cm³/mol. The average molecular weight is 291 g/mol. The summed E-state index contributed by atoms with van der Waals surface area (Å²) < 4.78 is 5.64. The van der Waals surface area contributed by atoms with Gasteiger partial charge in [-0.15, -0.1) is 0 Å². The first-order valence-corrected chi connectivity index (χ1v) is 8.96. The summed E-state index contributed by atoms with van der Waals surface area (Å²) in [5, 5.41) is 0. The van der Waals surface area contributed by atoms with Crippen molar-refractivity contribution in [2.45, 2.75) is 84.0 Å². The number of pyridine rings is 1. The average Bonchev–Trinajstić information content (AvgIpc) is 2.53. The highest BCUT2D eigenvalue weighted by atomic mass is 16.5. The van der Waals surface area contributed by atoms with Gasteiger partial charge in [-0.05, 0) is 18.6 Å². The van der Waals surface area contributed by atoms with Crippen molar-refractivity contribution < 1.29 is 4.74 Å². The highest BCUT2D eigenvalue weighted by molar-refractivity contribution is 5.15. The number of nitrogens with zero attached hydrogens (tertiary/aromatic N) is 1. The van der Waals surface area contributed by atoms with Crippen molar-refractivity contribution in [3.05, 3.63) is 24.5 Å². The molecule has 0 aromatic carbocycles. The van der Waals surface area contributed by atoms with Gasteiger partial charge in [0.1, 0.15) is 5.75 Å². The monoisotopic (exact) mass is 291 g/mol. The van der Waals surface area contributed by atoms with Crippen LogP contribution in [0.2, 0.25) is 0 Å². The van der Waals surface area contributed by atoms with E-state index in [-0.39, 0.29) is 0 Å². The zero-order chi connectivity index (χ0) is 15.0. The van der Waals surface area contributed by atoms with Gasteiger partial charge in [-0.1, -0.05) is 77.6 Å².